The monoisotopic (exact) mass is 696 g/mol. The second-order valence-electron chi connectivity index (χ2n) is 11.1. The van der Waals surface area contributed by atoms with Crippen LogP contribution in [0.1, 0.15) is 45.4 Å². The third-order valence-electron chi connectivity index (χ3n) is 7.05. The summed E-state index contributed by atoms with van der Waals surface area (Å²) >= 11 is 1.24. The van der Waals surface area contributed by atoms with E-state index in [4.69, 9.17) is 24.2 Å². The Hall–Kier alpha value is -4.73. The maximum Gasteiger partial charge on any atom is 0.318 e. The normalized spacial score (nSPS) is 13.7. The second-order valence-corrected chi connectivity index (χ2v) is 12.8. The van der Waals surface area contributed by atoms with Gasteiger partial charge in [0.25, 0.3) is 5.95 Å². The molecule has 18 heteroatoms. The molecule has 2 N–H and O–H groups in total. The number of hydrogen-bond donors (Lipinski definition) is 2. The van der Waals surface area contributed by atoms with E-state index in [2.05, 4.69) is 42.0 Å². The van der Waals surface area contributed by atoms with Crippen molar-refractivity contribution in [3.8, 4) is 12.0 Å². The summed E-state index contributed by atoms with van der Waals surface area (Å²) in [4.78, 5) is 43.3. The van der Waals surface area contributed by atoms with Gasteiger partial charge in [0.1, 0.15) is 23.2 Å². The molecule has 3 aromatic rings. The highest BCUT2D eigenvalue weighted by Gasteiger charge is 2.23. The van der Waals surface area contributed by atoms with Crippen LogP contribution in [-0.4, -0.2) is 112 Å². The average molecular weight is 697 g/mol. The van der Waals surface area contributed by atoms with Crippen LogP contribution in [0.3, 0.4) is 0 Å². The Morgan fingerprint density at radius 2 is 1.82 bits per heavy atom. The van der Waals surface area contributed by atoms with E-state index in [0.29, 0.717) is 49.5 Å². The van der Waals surface area contributed by atoms with Gasteiger partial charge < -0.3 is 34.5 Å². The minimum atomic E-state index is -0.476. The van der Waals surface area contributed by atoms with Crippen molar-refractivity contribution in [2.75, 3.05) is 63.2 Å². The Morgan fingerprint density at radius 3 is 2.47 bits per heavy atom. The Bertz CT molecular complexity index is 1600. The zero-order valence-electron chi connectivity index (χ0n) is 29.1. The Morgan fingerprint density at radius 1 is 1.12 bits per heavy atom. The fourth-order valence-electron chi connectivity index (χ4n) is 4.35. The molecule has 264 valence electrons. The molecule has 0 spiro atoms. The highest BCUT2D eigenvalue weighted by molar-refractivity contribution is 8.01. The lowest BCUT2D eigenvalue weighted by atomic mass is 10.3. The molecule has 0 bridgehead atoms. The molecule has 0 saturated carbocycles. The summed E-state index contributed by atoms with van der Waals surface area (Å²) in [6.45, 7) is 10.4. The number of carbonyl (C=O) groups excluding carboxylic acids is 2. The van der Waals surface area contributed by atoms with Crippen LogP contribution >= 0.6 is 11.8 Å². The molecule has 49 heavy (non-hydrogen) atoms. The molecule has 0 saturated heterocycles. The van der Waals surface area contributed by atoms with Crippen LogP contribution in [0.4, 0.5) is 29.1 Å². The summed E-state index contributed by atoms with van der Waals surface area (Å²) in [6.07, 6.45) is 4.39. The predicted molar refractivity (Wildman–Crippen MR) is 186 cm³/mol. The third-order valence-corrected chi connectivity index (χ3v) is 8.19. The minimum Gasteiger partial charge on any atom is -0.465 e. The lowest BCUT2D eigenvalue weighted by molar-refractivity contribution is -0.142. The molecule has 3 rings (SSSR count). The molecular formula is C31H44N12O5S. The fourth-order valence-corrected chi connectivity index (χ4v) is 5.24. The van der Waals surface area contributed by atoms with Crippen molar-refractivity contribution in [1.29, 1.82) is 5.26 Å². The number of azo groups is 1. The van der Waals surface area contributed by atoms with Crippen LogP contribution in [0, 0.1) is 18.3 Å². The van der Waals surface area contributed by atoms with Gasteiger partial charge in [-0.15, -0.1) is 27.1 Å². The first-order valence-electron chi connectivity index (χ1n) is 15.6. The van der Waals surface area contributed by atoms with E-state index in [1.54, 1.807) is 53.5 Å². The van der Waals surface area contributed by atoms with Gasteiger partial charge in [0, 0.05) is 46.2 Å². The largest absolute Gasteiger partial charge is 0.465 e. The van der Waals surface area contributed by atoms with Crippen molar-refractivity contribution in [3.63, 3.8) is 0 Å². The van der Waals surface area contributed by atoms with Crippen LogP contribution in [0.25, 0.3) is 5.95 Å². The molecule has 4 atom stereocenters. The molecule has 0 fully saturated rings. The molecule has 0 aliphatic heterocycles. The van der Waals surface area contributed by atoms with Crippen molar-refractivity contribution in [2.24, 2.45) is 10.2 Å². The maximum atomic E-state index is 12.4. The van der Waals surface area contributed by atoms with Crippen molar-refractivity contribution in [3.05, 3.63) is 29.7 Å². The van der Waals surface area contributed by atoms with Crippen molar-refractivity contribution < 1.29 is 23.8 Å². The van der Waals surface area contributed by atoms with E-state index < -0.39 is 11.2 Å². The molecule has 4 unspecified atom stereocenters. The highest BCUT2D eigenvalue weighted by atomic mass is 32.2. The molecule has 3 heterocycles. The lowest BCUT2D eigenvalue weighted by Crippen LogP contribution is -2.34. The zero-order valence-corrected chi connectivity index (χ0v) is 29.9. The number of esters is 1. The van der Waals surface area contributed by atoms with Gasteiger partial charge in [-0.25, -0.2) is 9.97 Å². The number of nitriles is 1. The van der Waals surface area contributed by atoms with Gasteiger partial charge in [-0.3, -0.25) is 4.79 Å². The number of thioether (sulfide) groups is 1. The first-order valence-corrected chi connectivity index (χ1v) is 16.6. The van der Waals surface area contributed by atoms with E-state index in [1.165, 1.54) is 16.4 Å². The summed E-state index contributed by atoms with van der Waals surface area (Å²) in [5.41, 5.74) is 0.961. The van der Waals surface area contributed by atoms with Crippen LogP contribution < -0.4 is 15.5 Å². The Kier molecular flexibility index (Phi) is 15.3. The molecular weight excluding hydrogens is 652 g/mol. The van der Waals surface area contributed by atoms with Gasteiger partial charge in [-0.1, -0.05) is 0 Å². The van der Waals surface area contributed by atoms with Gasteiger partial charge >= 0.3 is 5.97 Å². The van der Waals surface area contributed by atoms with Gasteiger partial charge in [0.15, 0.2) is 17.3 Å². The number of nitrogens with zero attached hydrogens (tertiary/aromatic N) is 10. The fraction of sp³-hybridized carbons (Fsp3) is 0.548. The van der Waals surface area contributed by atoms with Crippen molar-refractivity contribution >= 4 is 53.1 Å². The molecule has 17 nitrogen and oxygen atoms in total. The van der Waals surface area contributed by atoms with E-state index in [0.717, 1.165) is 6.29 Å². The average Bonchev–Trinajstić information content (AvgIpc) is 3.41. The molecule has 3 aromatic heterocycles. The first kappa shape index (κ1) is 38.7. The number of methoxy groups -OCH3 is 2. The van der Waals surface area contributed by atoms with E-state index in [9.17, 15) is 14.9 Å². The SMILES string of the molecule is COCC(C)Nc1nc(N(C)C(C)COC)nc(NCCCOC(=O)C(C)SC(C)C=O)c1N=Nc1nn(-c2ncccn2)c(C)c1C#N. The van der Waals surface area contributed by atoms with Crippen LogP contribution in [-0.2, 0) is 23.8 Å². The molecule has 0 amide bonds. The molecule has 0 aliphatic carbocycles. The van der Waals surface area contributed by atoms with E-state index in [1.807, 2.05) is 25.8 Å². The summed E-state index contributed by atoms with van der Waals surface area (Å²) < 4.78 is 17.6. The number of rotatable bonds is 20. The maximum absolute atomic E-state index is 12.4. The Labute approximate surface area is 290 Å². The number of aldehydes is 1. The van der Waals surface area contributed by atoms with Gasteiger partial charge in [-0.05, 0) is 47.1 Å². The quantitative estimate of drug-likeness (QED) is 0.0740. The van der Waals surface area contributed by atoms with E-state index in [-0.39, 0.29) is 47.0 Å². The number of hydrogen-bond acceptors (Lipinski definition) is 17. The smallest absolute Gasteiger partial charge is 0.318 e. The van der Waals surface area contributed by atoms with Crippen LogP contribution in [0.5, 0.6) is 0 Å². The van der Waals surface area contributed by atoms with Crippen molar-refractivity contribution in [1.82, 2.24) is 29.7 Å². The lowest BCUT2D eigenvalue weighted by Gasteiger charge is -2.26. The molecule has 0 aromatic carbocycles. The van der Waals surface area contributed by atoms with Crippen LogP contribution in [0.2, 0.25) is 0 Å². The number of anilines is 3. The van der Waals surface area contributed by atoms with Crippen LogP contribution in [0.15, 0.2) is 28.7 Å². The summed E-state index contributed by atoms with van der Waals surface area (Å²) in [7, 11) is 5.08. The molecule has 0 radical (unpaired) electrons. The number of nitrogens with one attached hydrogen (secondary N) is 2. The zero-order chi connectivity index (χ0) is 35.9. The van der Waals surface area contributed by atoms with Gasteiger partial charge in [0.2, 0.25) is 11.8 Å². The minimum absolute atomic E-state index is 0.0620. The topological polar surface area (TPSA) is 207 Å². The summed E-state index contributed by atoms with van der Waals surface area (Å²) in [6, 6.07) is 3.58. The molecule has 0 aliphatic rings. The van der Waals surface area contributed by atoms with Crippen molar-refractivity contribution in [2.45, 2.75) is 63.6 Å². The number of ether oxygens (including phenoxy) is 3. The van der Waals surface area contributed by atoms with Gasteiger partial charge in [0.05, 0.1) is 36.8 Å². The standard InChI is InChI=1S/C31H44N12O5S/c1-19(17-46-7)36-28-25(39-40-26-24(15-32)22(4)43(41-26)30-34-11-9-12-35-30)27(37-31(38-28)42(6)20(2)18-47-8)33-13-10-14-48-29(45)23(5)49-21(3)16-44/h9,11-12,16,19-21,23H,10,13-14,17-18H2,1-8H3,(H2,33,36,37,38). The number of carbonyl (C=O) groups is 2. The van der Waals surface area contributed by atoms with E-state index >= 15 is 0 Å². The summed E-state index contributed by atoms with van der Waals surface area (Å²) in [5.74, 6) is 1.04. The third kappa shape index (κ3) is 10.9. The highest BCUT2D eigenvalue weighted by Crippen LogP contribution is 2.36. The summed E-state index contributed by atoms with van der Waals surface area (Å²) in [5, 5.41) is 29.2. The predicted octanol–water partition coefficient (Wildman–Crippen LogP) is 4.02. The Balaban J connectivity index is 1.99. The number of likely N-dealkylation sites (N-methyl/N-ethyl adjacent to an activating group) is 1. The first-order chi connectivity index (χ1) is 23.5. The second kappa shape index (κ2) is 19.3. The van der Waals surface area contributed by atoms with Gasteiger partial charge in [-0.2, -0.15) is 19.9 Å². The number of aromatic nitrogens is 6.